The summed E-state index contributed by atoms with van der Waals surface area (Å²) in [5.41, 5.74) is 20.4. The highest BCUT2D eigenvalue weighted by molar-refractivity contribution is 7.18. The summed E-state index contributed by atoms with van der Waals surface area (Å²) >= 11 is 1.73. The predicted molar refractivity (Wildman–Crippen MR) is 112 cm³/mol. The first kappa shape index (κ1) is 17.5. The fourth-order valence-corrected chi connectivity index (χ4v) is 3.44. The molecule has 0 spiro atoms. The molecule has 26 heavy (non-hydrogen) atoms. The Kier molecular flexibility index (Phi) is 5.19. The number of hydrogen-bond donors (Lipinski definition) is 4. The van der Waals surface area contributed by atoms with Crippen LogP contribution in [0.2, 0.25) is 0 Å². The summed E-state index contributed by atoms with van der Waals surface area (Å²) < 4.78 is 0. The zero-order valence-corrected chi connectivity index (χ0v) is 15.1. The summed E-state index contributed by atoms with van der Waals surface area (Å²) in [7, 11) is 1.65. The average Bonchev–Trinajstić information content (AvgIpc) is 3.12. The molecule has 132 valence electrons. The third kappa shape index (κ3) is 4.20. The Morgan fingerprint density at radius 2 is 1.35 bits per heavy atom. The summed E-state index contributed by atoms with van der Waals surface area (Å²) in [5.74, 6) is 0.446. The van der Waals surface area contributed by atoms with E-state index in [1.54, 1.807) is 18.4 Å². The molecule has 0 amide bonds. The van der Waals surface area contributed by atoms with E-state index >= 15 is 0 Å². The Balaban J connectivity index is 1.78. The van der Waals surface area contributed by atoms with Crippen LogP contribution in [0.15, 0.2) is 70.6 Å². The van der Waals surface area contributed by atoms with Gasteiger partial charge < -0.3 is 22.5 Å². The molecule has 7 heteroatoms. The SMILES string of the molecule is CN=C(N)Nc1ccc(-c2ccc(-c3ccc(N=C(N)N)cc3)s2)cc1. The van der Waals surface area contributed by atoms with Gasteiger partial charge in [-0.2, -0.15) is 0 Å². The first-order valence-corrected chi connectivity index (χ1v) is 8.76. The lowest BCUT2D eigenvalue weighted by Gasteiger charge is -2.05. The molecule has 0 unspecified atom stereocenters. The first-order chi connectivity index (χ1) is 12.5. The molecule has 7 N–H and O–H groups in total. The number of nitrogens with one attached hydrogen (secondary N) is 1. The van der Waals surface area contributed by atoms with Crippen LogP contribution in [-0.4, -0.2) is 19.0 Å². The topological polar surface area (TPSA) is 115 Å². The third-order valence-electron chi connectivity index (χ3n) is 3.70. The summed E-state index contributed by atoms with van der Waals surface area (Å²) in [4.78, 5) is 10.3. The highest BCUT2D eigenvalue weighted by Gasteiger charge is 2.06. The van der Waals surface area contributed by atoms with Gasteiger partial charge in [-0.3, -0.25) is 4.99 Å². The van der Waals surface area contributed by atoms with E-state index in [1.807, 2.05) is 36.4 Å². The Hall–Kier alpha value is -3.32. The van der Waals surface area contributed by atoms with Gasteiger partial charge in [0.2, 0.25) is 0 Å². The minimum absolute atomic E-state index is 0.0565. The van der Waals surface area contributed by atoms with E-state index in [4.69, 9.17) is 17.2 Å². The van der Waals surface area contributed by atoms with Crippen molar-refractivity contribution in [3.05, 3.63) is 60.7 Å². The predicted octanol–water partition coefficient (Wildman–Crippen LogP) is 3.34. The Labute approximate surface area is 156 Å². The van der Waals surface area contributed by atoms with E-state index in [9.17, 15) is 0 Å². The second-order valence-electron chi connectivity index (χ2n) is 5.56. The van der Waals surface area contributed by atoms with Crippen molar-refractivity contribution in [1.29, 1.82) is 0 Å². The largest absolute Gasteiger partial charge is 0.370 e. The van der Waals surface area contributed by atoms with Gasteiger partial charge in [0.15, 0.2) is 11.9 Å². The van der Waals surface area contributed by atoms with E-state index < -0.39 is 0 Å². The third-order valence-corrected chi connectivity index (χ3v) is 4.88. The molecule has 3 rings (SSSR count). The van der Waals surface area contributed by atoms with Gasteiger partial charge in [-0.25, -0.2) is 4.99 Å². The maximum Gasteiger partial charge on any atom is 0.192 e. The van der Waals surface area contributed by atoms with Crippen LogP contribution < -0.4 is 22.5 Å². The van der Waals surface area contributed by atoms with Gasteiger partial charge in [0.25, 0.3) is 0 Å². The first-order valence-electron chi connectivity index (χ1n) is 7.95. The quantitative estimate of drug-likeness (QED) is 0.420. The molecule has 0 aliphatic carbocycles. The molecule has 2 aromatic carbocycles. The summed E-state index contributed by atoms with van der Waals surface area (Å²) in [6.07, 6.45) is 0. The standard InChI is InChI=1S/C19H20N6S/c1-23-19(22)25-15-8-4-13(5-9-15)17-11-10-16(26-17)12-2-6-14(7-3-12)24-18(20)21/h2-11H,1H3,(H4,20,21,24)(H3,22,23,25). The van der Waals surface area contributed by atoms with Gasteiger partial charge in [0.05, 0.1) is 5.69 Å². The van der Waals surface area contributed by atoms with Crippen molar-refractivity contribution >= 4 is 34.6 Å². The van der Waals surface area contributed by atoms with Crippen molar-refractivity contribution < 1.29 is 0 Å². The van der Waals surface area contributed by atoms with Crippen LogP contribution in [0.3, 0.4) is 0 Å². The van der Waals surface area contributed by atoms with Crippen molar-refractivity contribution in [1.82, 2.24) is 0 Å². The van der Waals surface area contributed by atoms with Gasteiger partial charge in [0, 0.05) is 22.5 Å². The molecule has 0 saturated heterocycles. The molecule has 0 aliphatic rings. The Morgan fingerprint density at radius 1 is 0.808 bits per heavy atom. The van der Waals surface area contributed by atoms with Crippen molar-refractivity contribution in [2.75, 3.05) is 12.4 Å². The van der Waals surface area contributed by atoms with Gasteiger partial charge in [-0.1, -0.05) is 24.3 Å². The maximum atomic E-state index is 5.68. The Morgan fingerprint density at radius 3 is 1.85 bits per heavy atom. The highest BCUT2D eigenvalue weighted by atomic mass is 32.1. The van der Waals surface area contributed by atoms with Gasteiger partial charge in [0.1, 0.15) is 0 Å². The van der Waals surface area contributed by atoms with Crippen molar-refractivity contribution in [3.8, 4) is 20.9 Å². The lowest BCUT2D eigenvalue weighted by molar-refractivity contribution is 1.38. The maximum absolute atomic E-state index is 5.68. The smallest absolute Gasteiger partial charge is 0.192 e. The van der Waals surface area contributed by atoms with Crippen LogP contribution in [0.1, 0.15) is 0 Å². The molecule has 0 saturated carbocycles. The number of aliphatic imine (C=N–C) groups is 2. The lowest BCUT2D eigenvalue weighted by atomic mass is 10.1. The molecule has 0 aliphatic heterocycles. The molecular weight excluding hydrogens is 344 g/mol. The second kappa shape index (κ2) is 7.71. The normalized spacial score (nSPS) is 11.2. The molecule has 6 nitrogen and oxygen atoms in total. The van der Waals surface area contributed by atoms with Crippen molar-refractivity contribution in [2.24, 2.45) is 27.2 Å². The fourth-order valence-electron chi connectivity index (χ4n) is 2.42. The average molecular weight is 364 g/mol. The zero-order valence-electron chi connectivity index (χ0n) is 14.3. The van der Waals surface area contributed by atoms with Crippen molar-refractivity contribution in [2.45, 2.75) is 0 Å². The minimum Gasteiger partial charge on any atom is -0.370 e. The van der Waals surface area contributed by atoms with Crippen LogP contribution >= 0.6 is 11.3 Å². The molecular formula is C19H20N6S. The van der Waals surface area contributed by atoms with E-state index in [0.29, 0.717) is 5.96 Å². The van der Waals surface area contributed by atoms with E-state index in [0.717, 1.165) is 22.5 Å². The number of thiophene rings is 1. The highest BCUT2D eigenvalue weighted by Crippen LogP contribution is 2.35. The molecule has 0 fully saturated rings. The minimum atomic E-state index is 0.0565. The number of guanidine groups is 2. The van der Waals surface area contributed by atoms with Crippen molar-refractivity contribution in [3.63, 3.8) is 0 Å². The number of nitrogens with two attached hydrogens (primary N) is 3. The van der Waals surface area contributed by atoms with Crippen LogP contribution in [0.4, 0.5) is 11.4 Å². The number of hydrogen-bond acceptors (Lipinski definition) is 3. The summed E-state index contributed by atoms with van der Waals surface area (Å²) in [6, 6.07) is 20.1. The molecule has 0 radical (unpaired) electrons. The van der Waals surface area contributed by atoms with Gasteiger partial charge in [-0.15, -0.1) is 11.3 Å². The fraction of sp³-hybridized carbons (Fsp3) is 0.0526. The zero-order chi connectivity index (χ0) is 18.5. The number of nitrogens with zero attached hydrogens (tertiary/aromatic N) is 2. The Bertz CT molecular complexity index is 935. The number of anilines is 1. The monoisotopic (exact) mass is 364 g/mol. The summed E-state index contributed by atoms with van der Waals surface area (Å²) in [5, 5.41) is 3.02. The molecule has 1 aromatic heterocycles. The van der Waals surface area contributed by atoms with E-state index in [2.05, 4.69) is 39.6 Å². The van der Waals surface area contributed by atoms with E-state index in [1.165, 1.54) is 9.75 Å². The molecule has 0 bridgehead atoms. The molecule has 0 atom stereocenters. The molecule has 1 heterocycles. The number of rotatable bonds is 4. The van der Waals surface area contributed by atoms with Crippen LogP contribution in [0.25, 0.3) is 20.9 Å². The van der Waals surface area contributed by atoms with Crippen LogP contribution in [0.5, 0.6) is 0 Å². The van der Waals surface area contributed by atoms with Gasteiger partial charge >= 0.3 is 0 Å². The lowest BCUT2D eigenvalue weighted by Crippen LogP contribution is -2.21. The molecule has 3 aromatic rings. The van der Waals surface area contributed by atoms with Crippen LogP contribution in [0, 0.1) is 0 Å². The van der Waals surface area contributed by atoms with Crippen LogP contribution in [-0.2, 0) is 0 Å². The number of benzene rings is 2. The van der Waals surface area contributed by atoms with Gasteiger partial charge in [-0.05, 0) is 47.5 Å². The van der Waals surface area contributed by atoms with E-state index in [-0.39, 0.29) is 5.96 Å². The second-order valence-corrected chi connectivity index (χ2v) is 6.64. The summed E-state index contributed by atoms with van der Waals surface area (Å²) in [6.45, 7) is 0.